The molecule has 0 aromatic carbocycles. The Bertz CT molecular complexity index is 535. The molecular formula is C20H50O20+2. The molecule has 1 fully saturated rings. The fourth-order valence-corrected chi connectivity index (χ4v) is 1.09. The lowest BCUT2D eigenvalue weighted by molar-refractivity contribution is -0.169. The van der Waals surface area contributed by atoms with Crippen LogP contribution in [0.3, 0.4) is 0 Å². The Balaban J connectivity index is -0.0000000442. The van der Waals surface area contributed by atoms with Gasteiger partial charge in [-0.25, -0.2) is 19.2 Å². The van der Waals surface area contributed by atoms with E-state index in [0.717, 1.165) is 0 Å². The SMILES string of the molecule is CC(O)C(=O)O.CC(O)C(=O)OCCO.CC([OH2+])C(=O)OCCO.CC1OCCOC1=O.OCCO.[H+].[OH-].[OH-].[OH3+].[OH3+]. The topological polar surface area (TPSA) is 396 Å². The van der Waals surface area contributed by atoms with Crippen LogP contribution in [-0.2, 0) is 49.1 Å². The van der Waals surface area contributed by atoms with Gasteiger partial charge in [-0.05, 0) is 20.8 Å². The number of cyclic esters (lactones) is 1. The number of aliphatic hydroxyl groups excluding tert-OH is 6. The molecule has 1 rings (SSSR count). The summed E-state index contributed by atoms with van der Waals surface area (Å²) in [6, 6.07) is 0. The highest BCUT2D eigenvalue weighted by molar-refractivity contribution is 5.74. The molecule has 0 amide bonds. The number of esters is 3. The van der Waals surface area contributed by atoms with Crippen molar-refractivity contribution in [1.29, 1.82) is 0 Å². The van der Waals surface area contributed by atoms with Crippen LogP contribution in [0.5, 0.6) is 0 Å². The van der Waals surface area contributed by atoms with Gasteiger partial charge in [-0.2, -0.15) is 0 Å². The van der Waals surface area contributed by atoms with Gasteiger partial charge in [-0.1, -0.05) is 0 Å². The second-order valence-corrected chi connectivity index (χ2v) is 6.32. The molecule has 20 nitrogen and oxygen atoms in total. The molecule has 1 aliphatic rings. The minimum Gasteiger partial charge on any atom is -0.870 e. The van der Waals surface area contributed by atoms with Crippen molar-refractivity contribution in [3.8, 4) is 0 Å². The summed E-state index contributed by atoms with van der Waals surface area (Å²) in [4.78, 5) is 40.6. The maximum absolute atomic E-state index is 10.4. The highest BCUT2D eigenvalue weighted by Gasteiger charge is 2.18. The molecule has 1 aliphatic heterocycles. The molecule has 4 unspecified atom stereocenters. The van der Waals surface area contributed by atoms with Crippen molar-refractivity contribution in [3.05, 3.63) is 0 Å². The van der Waals surface area contributed by atoms with E-state index in [0.29, 0.717) is 13.2 Å². The molecule has 0 spiro atoms. The quantitative estimate of drug-likeness (QED) is 0.0763. The predicted octanol–water partition coefficient (Wildman–Crippen LogP) is -6.18. The Hall–Kier alpha value is -2.60. The number of carbonyl (C=O) groups is 4. The smallest absolute Gasteiger partial charge is 0.870 e. The number of hydrogen-bond donors (Lipinski definition) is 7. The number of aliphatic hydroxyl groups is 6. The highest BCUT2D eigenvalue weighted by atomic mass is 16.6. The number of carbonyl (C=O) groups excluding carboxylic acids is 3. The molecule has 4 atom stereocenters. The summed E-state index contributed by atoms with van der Waals surface area (Å²) in [6.07, 6.45) is -3.54. The van der Waals surface area contributed by atoms with Gasteiger partial charge in [-0.15, -0.1) is 0 Å². The van der Waals surface area contributed by atoms with Crippen LogP contribution in [0, 0.1) is 0 Å². The van der Waals surface area contributed by atoms with Gasteiger partial charge in [0.1, 0.15) is 32.0 Å². The van der Waals surface area contributed by atoms with Crippen molar-refractivity contribution < 1.29 is 102 Å². The molecule has 0 bridgehead atoms. The highest BCUT2D eigenvalue weighted by Crippen LogP contribution is 1.99. The molecule has 1 heterocycles. The van der Waals surface area contributed by atoms with Crippen molar-refractivity contribution in [3.63, 3.8) is 0 Å². The molecule has 40 heavy (non-hydrogen) atoms. The maximum Gasteiger partial charge on any atom is 1.00 e. The van der Waals surface area contributed by atoms with Crippen LogP contribution < -0.4 is 0 Å². The van der Waals surface area contributed by atoms with E-state index in [1.165, 1.54) is 20.8 Å². The number of rotatable bonds is 8. The third-order valence-electron chi connectivity index (χ3n) is 2.85. The predicted molar refractivity (Wildman–Crippen MR) is 135 cm³/mol. The maximum atomic E-state index is 10.4. The van der Waals surface area contributed by atoms with Crippen molar-refractivity contribution in [2.24, 2.45) is 0 Å². The van der Waals surface area contributed by atoms with Crippen LogP contribution in [0.15, 0.2) is 0 Å². The first-order valence-electron chi connectivity index (χ1n) is 10.6. The van der Waals surface area contributed by atoms with Crippen LogP contribution in [0.1, 0.15) is 29.1 Å². The van der Waals surface area contributed by atoms with Gasteiger partial charge < -0.3 is 81.7 Å². The van der Waals surface area contributed by atoms with Crippen LogP contribution in [0.4, 0.5) is 0 Å². The summed E-state index contributed by atoms with van der Waals surface area (Å²) >= 11 is 0. The van der Waals surface area contributed by atoms with E-state index < -0.39 is 36.2 Å². The first-order chi connectivity index (χ1) is 16.7. The van der Waals surface area contributed by atoms with Gasteiger partial charge in [0.2, 0.25) is 6.10 Å². The average molecular weight is 611 g/mol. The largest absolute Gasteiger partial charge is 1.00 e. The Kier molecular flexibility index (Phi) is 58.6. The first-order valence-corrected chi connectivity index (χ1v) is 10.6. The van der Waals surface area contributed by atoms with Gasteiger partial charge in [0.25, 0.3) is 0 Å². The summed E-state index contributed by atoms with van der Waals surface area (Å²) in [5.74, 6) is -2.74. The van der Waals surface area contributed by atoms with E-state index in [-0.39, 0.29) is 75.0 Å². The monoisotopic (exact) mass is 610 g/mol. The van der Waals surface area contributed by atoms with E-state index in [1.54, 1.807) is 6.92 Å². The number of carboxylic acids is 1. The van der Waals surface area contributed by atoms with Crippen LogP contribution in [-0.4, -0.2) is 153 Å². The lowest BCUT2D eigenvalue weighted by atomic mass is 10.4. The van der Waals surface area contributed by atoms with Gasteiger partial charge in [-0.3, -0.25) is 0 Å². The molecule has 0 radical (unpaired) electrons. The molecular weight excluding hydrogens is 560 g/mol. The Labute approximate surface area is 232 Å². The van der Waals surface area contributed by atoms with Gasteiger partial charge in [0.15, 0.2) is 6.10 Å². The molecule has 1 saturated heterocycles. The van der Waals surface area contributed by atoms with Crippen LogP contribution >= 0.6 is 0 Å². The number of ether oxygens (including phenoxy) is 4. The second-order valence-electron chi connectivity index (χ2n) is 6.32. The Morgan fingerprint density at radius 1 is 0.875 bits per heavy atom. The van der Waals surface area contributed by atoms with E-state index in [4.69, 9.17) is 45.6 Å². The number of carboxylic acid groups (broad SMARTS) is 1. The Morgan fingerprint density at radius 3 is 1.45 bits per heavy atom. The number of aliphatic carboxylic acids is 1. The molecule has 0 aliphatic carbocycles. The summed E-state index contributed by atoms with van der Waals surface area (Å²) in [5.41, 5.74) is 0. The van der Waals surface area contributed by atoms with E-state index in [2.05, 4.69) is 14.2 Å². The molecule has 0 saturated carbocycles. The molecule has 17 N–H and O–H groups in total. The third-order valence-corrected chi connectivity index (χ3v) is 2.85. The number of hydrogen-bond acceptors (Lipinski definition) is 16. The minimum absolute atomic E-state index is 0. The summed E-state index contributed by atoms with van der Waals surface area (Å²) in [5, 5.41) is 62.6. The first kappa shape index (κ1) is 57.3. The summed E-state index contributed by atoms with van der Waals surface area (Å²) in [7, 11) is 0. The zero-order valence-corrected chi connectivity index (χ0v) is 22.9. The molecule has 248 valence electrons. The van der Waals surface area contributed by atoms with Crippen molar-refractivity contribution in [2.45, 2.75) is 52.1 Å². The molecule has 0 aromatic heterocycles. The zero-order valence-electron chi connectivity index (χ0n) is 23.9. The minimum atomic E-state index is -1.23. The molecule has 0 aromatic rings. The van der Waals surface area contributed by atoms with Crippen molar-refractivity contribution in [2.75, 3.05) is 52.9 Å². The fourth-order valence-electron chi connectivity index (χ4n) is 1.09. The van der Waals surface area contributed by atoms with Gasteiger partial charge in [0.05, 0.1) is 33.0 Å². The molecule has 20 heteroatoms. The van der Waals surface area contributed by atoms with Gasteiger partial charge in [0, 0.05) is 6.92 Å². The average Bonchev–Trinajstić information content (AvgIpc) is 2.83. The standard InChI is InChI=1S/2C5H10O4.C5H8O3.C3H6O3.C2H6O2.4H2O/c2*1-4(7)5(8)9-3-2-6;1-4-5(6)8-3-2-7-4;1-2(4)3(5)6;3-1-2-4;;;;/h2*4,6-7H,2-3H2,1H3;4H,2-3H2,1H3;2,4H,1H3,(H,5,6);3-4H,1-2H2;4*1H2/p+2. The van der Waals surface area contributed by atoms with Crippen LogP contribution in [0.2, 0.25) is 0 Å². The Morgan fingerprint density at radius 2 is 1.25 bits per heavy atom. The lowest BCUT2D eigenvalue weighted by Gasteiger charge is -2.17. The van der Waals surface area contributed by atoms with Gasteiger partial charge >= 0.3 is 25.3 Å². The van der Waals surface area contributed by atoms with E-state index in [1.807, 2.05) is 0 Å². The van der Waals surface area contributed by atoms with Crippen molar-refractivity contribution >= 4 is 23.9 Å². The summed E-state index contributed by atoms with van der Waals surface area (Å²) < 4.78 is 18.2. The summed E-state index contributed by atoms with van der Waals surface area (Å²) in [6.45, 7) is 5.84. The lowest BCUT2D eigenvalue weighted by Crippen LogP contribution is -2.31. The van der Waals surface area contributed by atoms with E-state index >= 15 is 0 Å². The van der Waals surface area contributed by atoms with Crippen LogP contribution in [0.25, 0.3) is 0 Å². The fraction of sp³-hybridized carbons (Fsp3) is 0.800. The second kappa shape index (κ2) is 40.9. The van der Waals surface area contributed by atoms with E-state index in [9.17, 15) is 19.2 Å². The van der Waals surface area contributed by atoms with Crippen molar-refractivity contribution in [1.82, 2.24) is 0 Å². The third kappa shape index (κ3) is 48.5. The normalized spacial score (nSPS) is 14.5. The zero-order chi connectivity index (χ0) is 29.1.